The maximum absolute atomic E-state index is 6.08. The van der Waals surface area contributed by atoms with Gasteiger partial charge in [-0.05, 0) is 40.4 Å². The number of nitrogens with two attached hydrogens (primary N) is 1. The fourth-order valence-electron chi connectivity index (χ4n) is 2.43. The van der Waals surface area contributed by atoms with E-state index in [0.717, 1.165) is 28.1 Å². The minimum absolute atomic E-state index is 0.328. The zero-order chi connectivity index (χ0) is 15.5. The maximum Gasteiger partial charge on any atom is 0.227 e. The third kappa shape index (κ3) is 2.94. The molecule has 0 aliphatic heterocycles. The molecule has 2 heterocycles. The molecular weight excluding hydrogens is 292 g/mol. The Hall–Kier alpha value is -2.40. The predicted octanol–water partition coefficient (Wildman–Crippen LogP) is 4.65. The normalized spacial score (nSPS) is 10.9. The first-order valence-corrected chi connectivity index (χ1v) is 8.09. The Morgan fingerprint density at radius 3 is 2.50 bits per heavy atom. The van der Waals surface area contributed by atoms with Crippen molar-refractivity contribution in [3.63, 3.8) is 0 Å². The molecule has 0 unspecified atom stereocenters. The molecule has 0 saturated heterocycles. The average Bonchev–Trinajstić information content (AvgIpc) is 3.02. The standard InChI is InChI=1S/C17H18N4S/c1-11(2)16-14(18)4-3-5-15(16)21-17-19-8-13(9-20-17)12-6-7-22-10-12/h3-11H,18H2,1-2H3,(H,19,20,21). The van der Waals surface area contributed by atoms with E-state index in [1.807, 2.05) is 36.0 Å². The van der Waals surface area contributed by atoms with Crippen LogP contribution in [0, 0.1) is 0 Å². The van der Waals surface area contributed by atoms with Crippen LogP contribution in [0.5, 0.6) is 0 Å². The lowest BCUT2D eigenvalue weighted by molar-refractivity contribution is 0.871. The molecule has 2 aromatic heterocycles. The second-order valence-electron chi connectivity index (χ2n) is 5.40. The van der Waals surface area contributed by atoms with E-state index in [9.17, 15) is 0 Å². The predicted molar refractivity (Wildman–Crippen MR) is 93.6 cm³/mol. The number of thiophene rings is 1. The molecule has 5 heteroatoms. The van der Waals surface area contributed by atoms with Crippen LogP contribution >= 0.6 is 11.3 Å². The number of nitrogen functional groups attached to an aromatic ring is 1. The molecule has 0 amide bonds. The minimum Gasteiger partial charge on any atom is -0.398 e. The van der Waals surface area contributed by atoms with Crippen LogP contribution in [-0.2, 0) is 0 Å². The summed E-state index contributed by atoms with van der Waals surface area (Å²) in [6, 6.07) is 7.91. The van der Waals surface area contributed by atoms with Crippen molar-refractivity contribution in [1.82, 2.24) is 9.97 Å². The molecule has 3 rings (SSSR count). The summed E-state index contributed by atoms with van der Waals surface area (Å²) in [6.07, 6.45) is 3.66. The molecule has 0 radical (unpaired) electrons. The van der Waals surface area contributed by atoms with Gasteiger partial charge >= 0.3 is 0 Å². The van der Waals surface area contributed by atoms with Gasteiger partial charge in [0, 0.05) is 34.9 Å². The summed E-state index contributed by atoms with van der Waals surface area (Å²) in [5.41, 5.74) is 11.1. The van der Waals surface area contributed by atoms with Gasteiger partial charge < -0.3 is 11.1 Å². The van der Waals surface area contributed by atoms with Gasteiger partial charge in [0.05, 0.1) is 0 Å². The van der Waals surface area contributed by atoms with E-state index in [2.05, 4.69) is 40.6 Å². The van der Waals surface area contributed by atoms with E-state index in [1.165, 1.54) is 0 Å². The second kappa shape index (κ2) is 6.15. The summed E-state index contributed by atoms with van der Waals surface area (Å²) in [7, 11) is 0. The van der Waals surface area contributed by atoms with E-state index >= 15 is 0 Å². The number of hydrogen-bond acceptors (Lipinski definition) is 5. The number of rotatable bonds is 4. The van der Waals surface area contributed by atoms with Gasteiger partial charge in [-0.3, -0.25) is 0 Å². The first-order valence-electron chi connectivity index (χ1n) is 7.15. The third-order valence-corrected chi connectivity index (χ3v) is 4.15. The highest BCUT2D eigenvalue weighted by Gasteiger charge is 2.11. The number of aromatic nitrogens is 2. The Morgan fingerprint density at radius 1 is 1.09 bits per heavy atom. The zero-order valence-electron chi connectivity index (χ0n) is 12.6. The molecule has 0 spiro atoms. The molecule has 0 saturated carbocycles. The number of nitrogens with one attached hydrogen (secondary N) is 1. The van der Waals surface area contributed by atoms with Gasteiger partial charge in [0.15, 0.2) is 0 Å². The lowest BCUT2D eigenvalue weighted by atomic mass is 9.99. The number of benzene rings is 1. The first-order chi connectivity index (χ1) is 10.6. The maximum atomic E-state index is 6.08. The Kier molecular flexibility index (Phi) is 4.06. The van der Waals surface area contributed by atoms with Gasteiger partial charge in [-0.2, -0.15) is 11.3 Å². The van der Waals surface area contributed by atoms with Crippen molar-refractivity contribution >= 4 is 28.7 Å². The van der Waals surface area contributed by atoms with E-state index in [-0.39, 0.29) is 0 Å². The summed E-state index contributed by atoms with van der Waals surface area (Å²) in [5.74, 6) is 0.903. The summed E-state index contributed by atoms with van der Waals surface area (Å²) in [6.45, 7) is 4.24. The van der Waals surface area contributed by atoms with Crippen molar-refractivity contribution < 1.29 is 0 Å². The van der Waals surface area contributed by atoms with Gasteiger partial charge in [-0.25, -0.2) is 9.97 Å². The SMILES string of the molecule is CC(C)c1c(N)cccc1Nc1ncc(-c2ccsc2)cn1. The smallest absolute Gasteiger partial charge is 0.227 e. The molecule has 0 aliphatic rings. The summed E-state index contributed by atoms with van der Waals surface area (Å²) < 4.78 is 0. The van der Waals surface area contributed by atoms with Gasteiger partial charge in [0.2, 0.25) is 5.95 Å². The zero-order valence-corrected chi connectivity index (χ0v) is 13.4. The van der Waals surface area contributed by atoms with Crippen molar-refractivity contribution in [2.75, 3.05) is 11.1 Å². The molecule has 112 valence electrons. The van der Waals surface area contributed by atoms with Crippen LogP contribution in [-0.4, -0.2) is 9.97 Å². The van der Waals surface area contributed by atoms with E-state index in [0.29, 0.717) is 11.9 Å². The van der Waals surface area contributed by atoms with Crippen molar-refractivity contribution in [1.29, 1.82) is 0 Å². The number of nitrogens with zero attached hydrogens (tertiary/aromatic N) is 2. The fourth-order valence-corrected chi connectivity index (χ4v) is 3.09. The molecule has 0 atom stereocenters. The van der Waals surface area contributed by atoms with Crippen LogP contribution in [0.25, 0.3) is 11.1 Å². The molecule has 4 nitrogen and oxygen atoms in total. The lowest BCUT2D eigenvalue weighted by Gasteiger charge is -2.16. The van der Waals surface area contributed by atoms with Gasteiger partial charge in [0.25, 0.3) is 0 Å². The van der Waals surface area contributed by atoms with Crippen molar-refractivity contribution in [3.05, 3.63) is 53.0 Å². The van der Waals surface area contributed by atoms with Crippen LogP contribution in [0.4, 0.5) is 17.3 Å². The highest BCUT2D eigenvalue weighted by Crippen LogP contribution is 2.31. The molecule has 0 aliphatic carbocycles. The monoisotopic (exact) mass is 310 g/mol. The largest absolute Gasteiger partial charge is 0.398 e. The Morgan fingerprint density at radius 2 is 1.86 bits per heavy atom. The van der Waals surface area contributed by atoms with Crippen LogP contribution in [0.1, 0.15) is 25.3 Å². The third-order valence-electron chi connectivity index (χ3n) is 3.47. The Balaban J connectivity index is 1.86. The molecule has 1 aromatic carbocycles. The minimum atomic E-state index is 0.328. The van der Waals surface area contributed by atoms with Crippen molar-refractivity contribution in [3.8, 4) is 11.1 Å². The van der Waals surface area contributed by atoms with Crippen LogP contribution in [0.15, 0.2) is 47.4 Å². The lowest BCUT2D eigenvalue weighted by Crippen LogP contribution is -2.04. The fraction of sp³-hybridized carbons (Fsp3) is 0.176. The number of anilines is 3. The molecule has 22 heavy (non-hydrogen) atoms. The first kappa shape index (κ1) is 14.5. The van der Waals surface area contributed by atoms with Gasteiger partial charge in [-0.1, -0.05) is 19.9 Å². The summed E-state index contributed by atoms with van der Waals surface area (Å²) >= 11 is 1.66. The second-order valence-corrected chi connectivity index (χ2v) is 6.18. The summed E-state index contributed by atoms with van der Waals surface area (Å²) in [5, 5.41) is 7.40. The van der Waals surface area contributed by atoms with Crippen LogP contribution in [0.3, 0.4) is 0 Å². The molecule has 0 bridgehead atoms. The molecule has 3 aromatic rings. The molecule has 3 N–H and O–H groups in total. The van der Waals surface area contributed by atoms with Gasteiger partial charge in [0.1, 0.15) is 0 Å². The van der Waals surface area contributed by atoms with E-state index < -0.39 is 0 Å². The molecular formula is C17H18N4S. The topological polar surface area (TPSA) is 63.8 Å². The Bertz CT molecular complexity index is 749. The number of hydrogen-bond donors (Lipinski definition) is 2. The molecule has 0 fully saturated rings. The van der Waals surface area contributed by atoms with Gasteiger partial charge in [-0.15, -0.1) is 0 Å². The highest BCUT2D eigenvalue weighted by atomic mass is 32.1. The average molecular weight is 310 g/mol. The van der Waals surface area contributed by atoms with Crippen molar-refractivity contribution in [2.24, 2.45) is 0 Å². The Labute approximate surface area is 134 Å². The quantitative estimate of drug-likeness (QED) is 0.688. The van der Waals surface area contributed by atoms with Crippen LogP contribution < -0.4 is 11.1 Å². The van der Waals surface area contributed by atoms with Crippen LogP contribution in [0.2, 0.25) is 0 Å². The summed E-state index contributed by atoms with van der Waals surface area (Å²) in [4.78, 5) is 8.80. The van der Waals surface area contributed by atoms with E-state index in [4.69, 9.17) is 5.73 Å². The van der Waals surface area contributed by atoms with E-state index in [1.54, 1.807) is 11.3 Å². The highest BCUT2D eigenvalue weighted by molar-refractivity contribution is 7.08. The van der Waals surface area contributed by atoms with Crippen molar-refractivity contribution in [2.45, 2.75) is 19.8 Å².